The Morgan fingerprint density at radius 1 is 1.13 bits per heavy atom. The van der Waals surface area contributed by atoms with Gasteiger partial charge in [-0.25, -0.2) is 4.39 Å². The lowest BCUT2D eigenvalue weighted by molar-refractivity contribution is -0.0948. The molecule has 176 valence electrons. The summed E-state index contributed by atoms with van der Waals surface area (Å²) >= 11 is 0. The fraction of sp³-hybridized carbons (Fsp3) is 0.846. The van der Waals surface area contributed by atoms with Crippen LogP contribution in [0.15, 0.2) is 12.2 Å². The lowest BCUT2D eigenvalue weighted by Gasteiger charge is -2.60. The van der Waals surface area contributed by atoms with E-state index in [-0.39, 0.29) is 28.8 Å². The lowest BCUT2D eigenvalue weighted by atomic mass is 9.44. The first-order chi connectivity index (χ1) is 14.7. The zero-order chi connectivity index (χ0) is 23.0. The van der Waals surface area contributed by atoms with Crippen LogP contribution in [0.25, 0.3) is 0 Å². The number of fused-ring (bicyclic) bond motifs is 5. The molecule has 5 rings (SSSR count). The molecule has 1 saturated heterocycles. The number of hydrogen-bond donors (Lipinski definition) is 4. The van der Waals surface area contributed by atoms with Gasteiger partial charge in [-0.3, -0.25) is 0 Å². The molecule has 5 aliphatic rings. The van der Waals surface area contributed by atoms with E-state index in [1.807, 2.05) is 13.8 Å². The van der Waals surface area contributed by atoms with Gasteiger partial charge in [0.1, 0.15) is 6.17 Å². The van der Waals surface area contributed by atoms with E-state index in [9.17, 15) is 0 Å². The Bertz CT molecular complexity index is 703. The topological polar surface area (TPSA) is 80.0 Å². The van der Waals surface area contributed by atoms with Gasteiger partial charge in [-0.15, -0.1) is 0 Å². The molecule has 8 atom stereocenters. The van der Waals surface area contributed by atoms with Crippen molar-refractivity contribution >= 4 is 11.4 Å². The predicted octanol–water partition coefficient (Wildman–Crippen LogP) is 5.55. The molecule has 0 radical (unpaired) electrons. The van der Waals surface area contributed by atoms with Crippen molar-refractivity contribution in [1.29, 1.82) is 10.8 Å². The average molecular weight is 434 g/mol. The molecular weight excluding hydrogens is 389 g/mol. The van der Waals surface area contributed by atoms with Gasteiger partial charge in [-0.2, -0.15) is 0 Å². The molecule has 31 heavy (non-hydrogen) atoms. The normalized spacial score (nSPS) is 46.1. The summed E-state index contributed by atoms with van der Waals surface area (Å²) in [4.78, 5) is 0. The van der Waals surface area contributed by atoms with Crippen molar-refractivity contribution in [2.24, 2.45) is 34.5 Å². The Hall–Kier alpha value is -1.07. The molecule has 4 N–H and O–H groups in total. The fourth-order valence-electron chi connectivity index (χ4n) is 7.53. The molecule has 4 nitrogen and oxygen atoms in total. The summed E-state index contributed by atoms with van der Waals surface area (Å²) < 4.78 is 15.5. The lowest BCUT2D eigenvalue weighted by Crippen LogP contribution is -2.59. The summed E-state index contributed by atoms with van der Waals surface area (Å²) in [6.45, 7) is 14.5. The molecule has 0 amide bonds. The van der Waals surface area contributed by atoms with Gasteiger partial charge in [0.25, 0.3) is 0 Å². The molecule has 6 unspecified atom stereocenters. The van der Waals surface area contributed by atoms with Crippen LogP contribution < -0.4 is 5.32 Å². The van der Waals surface area contributed by atoms with Gasteiger partial charge in [0.05, 0.1) is 6.10 Å². The minimum Gasteiger partial charge on any atom is -0.392 e. The molecule has 0 spiro atoms. The van der Waals surface area contributed by atoms with Gasteiger partial charge in [0.2, 0.25) is 0 Å². The number of halogens is 1. The van der Waals surface area contributed by atoms with E-state index in [1.165, 1.54) is 5.57 Å². The van der Waals surface area contributed by atoms with Crippen LogP contribution in [0, 0.1) is 45.3 Å². The predicted molar refractivity (Wildman–Crippen MR) is 127 cm³/mol. The number of rotatable bonds is 0. The van der Waals surface area contributed by atoms with Crippen molar-refractivity contribution in [3.05, 3.63) is 12.2 Å². The number of aliphatic hydroxyl groups excluding tert-OH is 1. The highest BCUT2D eigenvalue weighted by Crippen LogP contribution is 2.66. The molecule has 5 heteroatoms. The number of β-amino-alcohol motifs (C(OH)–C–C–N with tert-alkyl or cyclic N) is 1. The molecule has 1 heterocycles. The Kier molecular flexibility index (Phi) is 7.47. The number of aliphatic hydroxyl groups is 1. The zero-order valence-corrected chi connectivity index (χ0v) is 20.1. The Morgan fingerprint density at radius 3 is 2.42 bits per heavy atom. The molecule has 0 aromatic rings. The maximum Gasteiger partial charge on any atom is 0.105 e. The summed E-state index contributed by atoms with van der Waals surface area (Å²) in [5, 5.41) is 28.4. The second-order valence-electron chi connectivity index (χ2n) is 10.8. The Morgan fingerprint density at radius 2 is 1.84 bits per heavy atom. The van der Waals surface area contributed by atoms with Gasteiger partial charge < -0.3 is 21.2 Å². The summed E-state index contributed by atoms with van der Waals surface area (Å²) in [6, 6.07) is 0. The minimum absolute atomic E-state index is 0.0502. The monoisotopic (exact) mass is 433 g/mol. The second kappa shape index (κ2) is 9.43. The standard InChI is InChI=1S/C20H29FN2.C4H9NO.C2H6/c1-11-4-5-14-13-9-17(23)15-8-12(22)6-7-19(15,2)18(13)16(21)10-20(11,14)3;6-4-1-2-5-3-4;1-2/h13-16,18,22-23H,1,4-10H2,2-3H3;4-6H,1-3H2;1-2H3/t13?,14?,15?,16?,18?,19-,20+;;/m0../s1. The highest BCUT2D eigenvalue weighted by atomic mass is 19.1. The van der Waals surface area contributed by atoms with Crippen molar-refractivity contribution in [2.45, 2.75) is 91.3 Å². The van der Waals surface area contributed by atoms with Crippen molar-refractivity contribution < 1.29 is 9.50 Å². The number of hydrogen-bond acceptors (Lipinski definition) is 4. The van der Waals surface area contributed by atoms with Gasteiger partial charge in [0.15, 0.2) is 0 Å². The van der Waals surface area contributed by atoms with Crippen LogP contribution in [0.1, 0.15) is 79.1 Å². The third-order valence-electron chi connectivity index (χ3n) is 9.25. The smallest absolute Gasteiger partial charge is 0.105 e. The molecule has 0 aromatic carbocycles. The average Bonchev–Trinajstić information content (AvgIpc) is 3.32. The summed E-state index contributed by atoms with van der Waals surface area (Å²) in [7, 11) is 0. The number of allylic oxidation sites excluding steroid dienone is 1. The maximum absolute atomic E-state index is 15.5. The van der Waals surface area contributed by atoms with E-state index in [2.05, 4.69) is 25.7 Å². The van der Waals surface area contributed by atoms with Crippen LogP contribution in [0.2, 0.25) is 0 Å². The minimum atomic E-state index is -0.774. The molecular formula is C26H44FN3O. The third kappa shape index (κ3) is 4.29. The van der Waals surface area contributed by atoms with Gasteiger partial charge in [0, 0.05) is 23.9 Å². The van der Waals surface area contributed by atoms with Crippen LogP contribution in [0.5, 0.6) is 0 Å². The van der Waals surface area contributed by atoms with Crippen LogP contribution >= 0.6 is 0 Å². The maximum atomic E-state index is 15.5. The largest absolute Gasteiger partial charge is 0.392 e. The van der Waals surface area contributed by atoms with Crippen LogP contribution in [-0.4, -0.2) is 41.9 Å². The van der Waals surface area contributed by atoms with E-state index >= 15 is 4.39 Å². The van der Waals surface area contributed by atoms with Gasteiger partial charge >= 0.3 is 0 Å². The Balaban J connectivity index is 0.000000291. The van der Waals surface area contributed by atoms with E-state index < -0.39 is 6.17 Å². The summed E-state index contributed by atoms with van der Waals surface area (Å²) in [6.07, 6.45) is 6.03. The van der Waals surface area contributed by atoms with E-state index in [1.54, 1.807) is 0 Å². The number of nitrogens with one attached hydrogen (secondary N) is 3. The molecule has 4 aliphatic carbocycles. The van der Waals surface area contributed by atoms with E-state index in [0.717, 1.165) is 63.0 Å². The highest BCUT2D eigenvalue weighted by molar-refractivity contribution is 5.93. The third-order valence-corrected chi connectivity index (χ3v) is 9.25. The first-order valence-electron chi connectivity index (χ1n) is 12.5. The molecule has 0 aromatic heterocycles. The molecule has 0 bridgehead atoms. The zero-order valence-electron chi connectivity index (χ0n) is 20.1. The van der Waals surface area contributed by atoms with Crippen LogP contribution in [-0.2, 0) is 0 Å². The molecule has 5 fully saturated rings. The summed E-state index contributed by atoms with van der Waals surface area (Å²) in [5.41, 5.74) is 2.64. The molecule has 1 aliphatic heterocycles. The van der Waals surface area contributed by atoms with Crippen LogP contribution in [0.3, 0.4) is 0 Å². The Labute approximate surface area is 188 Å². The van der Waals surface area contributed by atoms with Crippen molar-refractivity contribution in [2.75, 3.05) is 13.1 Å². The van der Waals surface area contributed by atoms with Crippen molar-refractivity contribution in [3.8, 4) is 0 Å². The first-order valence-corrected chi connectivity index (χ1v) is 12.5. The number of alkyl halides is 1. The van der Waals surface area contributed by atoms with Crippen molar-refractivity contribution in [3.63, 3.8) is 0 Å². The van der Waals surface area contributed by atoms with Crippen LogP contribution in [0.4, 0.5) is 4.39 Å². The van der Waals surface area contributed by atoms with E-state index in [0.29, 0.717) is 24.7 Å². The van der Waals surface area contributed by atoms with Gasteiger partial charge in [-0.05, 0) is 86.5 Å². The van der Waals surface area contributed by atoms with E-state index in [4.69, 9.17) is 15.9 Å². The fourth-order valence-corrected chi connectivity index (χ4v) is 7.53. The molecule has 4 saturated carbocycles. The van der Waals surface area contributed by atoms with Crippen molar-refractivity contribution in [1.82, 2.24) is 5.32 Å². The van der Waals surface area contributed by atoms with Gasteiger partial charge in [-0.1, -0.05) is 39.8 Å². The highest BCUT2D eigenvalue weighted by Gasteiger charge is 2.63. The SMILES string of the molecule is C=C1CCC2C3CC(=N)C4CC(=N)CC[C@]4(C)C3C(F)C[C@]12C.CC.OC1CCNC1. The summed E-state index contributed by atoms with van der Waals surface area (Å²) in [5.74, 6) is 1.01. The first kappa shape index (κ1) is 24.6. The quantitative estimate of drug-likeness (QED) is 0.378. The second-order valence-corrected chi connectivity index (χ2v) is 10.8.